The van der Waals surface area contributed by atoms with Crippen LogP contribution < -0.4 is 10.5 Å². The normalized spacial score (nSPS) is 22.2. The zero-order valence-electron chi connectivity index (χ0n) is 24.8. The number of nitriles is 1. The molecule has 11 nitrogen and oxygen atoms in total. The highest BCUT2D eigenvalue weighted by Gasteiger charge is 2.49. The molecule has 224 valence electrons. The van der Waals surface area contributed by atoms with E-state index in [1.807, 2.05) is 16.7 Å². The molecular weight excluding hydrogens is 574 g/mol. The quantitative estimate of drug-likeness (QED) is 0.285. The van der Waals surface area contributed by atoms with Crippen LogP contribution in [0.15, 0.2) is 35.4 Å². The van der Waals surface area contributed by atoms with E-state index in [1.54, 1.807) is 30.1 Å². The van der Waals surface area contributed by atoms with E-state index in [9.17, 15) is 5.26 Å². The van der Waals surface area contributed by atoms with Crippen molar-refractivity contribution in [2.75, 3.05) is 19.3 Å². The number of nitrogen functional groups attached to an aromatic ring is 1. The number of aromatic nitrogens is 6. The molecule has 0 aromatic carbocycles. The lowest BCUT2D eigenvalue weighted by Crippen LogP contribution is -2.38. The summed E-state index contributed by atoms with van der Waals surface area (Å²) in [5, 5.41) is 15.3. The minimum Gasteiger partial charge on any atom is -0.473 e. The summed E-state index contributed by atoms with van der Waals surface area (Å²) in [4.78, 5) is 22.5. The van der Waals surface area contributed by atoms with Gasteiger partial charge in [-0.2, -0.15) is 10.2 Å². The second-order valence-electron chi connectivity index (χ2n) is 12.3. The maximum Gasteiger partial charge on any atom is 0.219 e. The molecule has 1 saturated heterocycles. The third kappa shape index (κ3) is 4.13. The Balaban J connectivity index is 1.26. The van der Waals surface area contributed by atoms with Crippen molar-refractivity contribution in [1.82, 2.24) is 34.6 Å². The van der Waals surface area contributed by atoms with Crippen LogP contribution in [0.25, 0.3) is 28.7 Å². The average Bonchev–Trinajstić information content (AvgIpc) is 3.82. The number of hydrogen-bond acceptors (Lipinski definition) is 11. The molecule has 0 saturated carbocycles. The molecule has 3 aromatic heterocycles. The minimum atomic E-state index is -0.423. The van der Waals surface area contributed by atoms with Crippen molar-refractivity contribution in [2.45, 2.75) is 75.9 Å². The van der Waals surface area contributed by atoms with Gasteiger partial charge >= 0.3 is 0 Å². The third-order valence-corrected chi connectivity index (χ3v) is 10.8. The molecule has 0 unspecified atom stereocenters. The molecule has 5 aliphatic rings. The molecule has 3 atom stereocenters. The number of fused-ring (bicyclic) bond motifs is 5. The predicted octanol–water partition coefficient (Wildman–Crippen LogP) is 5.15. The minimum absolute atomic E-state index is 0.0716. The van der Waals surface area contributed by atoms with Gasteiger partial charge in [0.25, 0.3) is 0 Å². The fraction of sp³-hybridized carbons (Fsp3) is 0.438. The number of nitrogens with zero attached hydrogens (tertiary/aromatic N) is 8. The summed E-state index contributed by atoms with van der Waals surface area (Å²) in [6, 6.07) is 6.47. The van der Waals surface area contributed by atoms with Crippen LogP contribution in [0, 0.1) is 11.3 Å². The van der Waals surface area contributed by atoms with Gasteiger partial charge in [0, 0.05) is 40.5 Å². The van der Waals surface area contributed by atoms with E-state index in [1.165, 1.54) is 4.88 Å². The van der Waals surface area contributed by atoms with Crippen molar-refractivity contribution in [3.63, 3.8) is 0 Å². The molecule has 3 aromatic rings. The lowest BCUT2D eigenvalue weighted by molar-refractivity contribution is 0.117. The summed E-state index contributed by atoms with van der Waals surface area (Å²) < 4.78 is 14.7. The largest absolute Gasteiger partial charge is 0.473 e. The second kappa shape index (κ2) is 10.4. The second-order valence-corrected chi connectivity index (χ2v) is 13.4. The zero-order valence-corrected chi connectivity index (χ0v) is 25.6. The Morgan fingerprint density at radius 3 is 2.91 bits per heavy atom. The number of nitrogens with two attached hydrogens (primary N) is 1. The molecule has 0 radical (unpaired) electrons. The molecule has 6 heterocycles. The highest BCUT2D eigenvalue weighted by Crippen LogP contribution is 2.55. The van der Waals surface area contributed by atoms with E-state index in [0.717, 1.165) is 86.2 Å². The van der Waals surface area contributed by atoms with Gasteiger partial charge < -0.3 is 15.0 Å². The number of aryl methyl sites for hydroxylation is 1. The topological polar surface area (TPSA) is 145 Å². The molecule has 0 amide bonds. The van der Waals surface area contributed by atoms with Crippen LogP contribution in [0.3, 0.4) is 0 Å². The SMILES string of the molecule is C[C@H](Oc1cc(-n2cncc3ccnc2-3)nc(-c2noc3c2CCC[C@@]32CCCc3sc(N)c(C#N)c32)n1)[C@@H]1CCCN1C. The molecule has 3 aliphatic heterocycles. The fourth-order valence-corrected chi connectivity index (χ4v) is 8.92. The molecular formula is C32H33N9O2S. The van der Waals surface area contributed by atoms with E-state index in [4.69, 9.17) is 25.0 Å². The molecule has 12 heteroatoms. The zero-order chi connectivity index (χ0) is 30.0. The first-order valence-electron chi connectivity index (χ1n) is 15.3. The highest BCUT2D eigenvalue weighted by atomic mass is 32.1. The van der Waals surface area contributed by atoms with Gasteiger partial charge in [-0.3, -0.25) is 9.47 Å². The number of thiophene rings is 1. The lowest BCUT2D eigenvalue weighted by Gasteiger charge is -2.39. The average molecular weight is 608 g/mol. The molecule has 1 spiro atoms. The monoisotopic (exact) mass is 607 g/mol. The fourth-order valence-electron chi connectivity index (χ4n) is 7.76. The van der Waals surface area contributed by atoms with Crippen molar-refractivity contribution >= 4 is 16.3 Å². The molecule has 0 bridgehead atoms. The maximum atomic E-state index is 10.1. The lowest BCUT2D eigenvalue weighted by atomic mass is 9.63. The summed E-state index contributed by atoms with van der Waals surface area (Å²) in [6.07, 6.45) is 12.9. The van der Waals surface area contributed by atoms with Crippen LogP contribution in [0.1, 0.15) is 72.8 Å². The van der Waals surface area contributed by atoms with Gasteiger partial charge in [-0.25, -0.2) is 15.0 Å². The maximum absolute atomic E-state index is 10.1. The van der Waals surface area contributed by atoms with Crippen LogP contribution in [0.2, 0.25) is 0 Å². The Labute approximate surface area is 259 Å². The van der Waals surface area contributed by atoms with Crippen LogP contribution in [-0.4, -0.2) is 60.3 Å². The molecule has 2 aliphatic carbocycles. The first-order valence-corrected chi connectivity index (χ1v) is 16.1. The third-order valence-electron chi connectivity index (χ3n) is 9.77. The van der Waals surface area contributed by atoms with Crippen molar-refractivity contribution in [1.29, 1.82) is 5.26 Å². The standard InChI is InChI=1S/C32H33N9O2S/c1-18(22-7-5-13-40(22)2)42-25-14-24(41-17-35-16-19-9-12-36-31(19)41)37-30(38-25)27-20-6-3-10-32(28(20)43-39-27)11-4-8-23-26(32)21(15-33)29(34)44-23/h9,12,14,16-18,22H,3-8,10-11,13,34H2,1-2H3/t18-,22-,32-/m0/s1. The number of rotatable bonds is 5. The van der Waals surface area contributed by atoms with Crippen LogP contribution in [0.5, 0.6) is 5.88 Å². The van der Waals surface area contributed by atoms with E-state index in [-0.39, 0.29) is 6.10 Å². The van der Waals surface area contributed by atoms with Gasteiger partial charge in [-0.05, 0) is 83.5 Å². The van der Waals surface area contributed by atoms with Crippen molar-refractivity contribution < 1.29 is 9.26 Å². The number of hydrogen-bond donors (Lipinski definition) is 1. The van der Waals surface area contributed by atoms with Gasteiger partial charge in [-0.1, -0.05) is 5.16 Å². The predicted molar refractivity (Wildman–Crippen MR) is 165 cm³/mol. The molecule has 44 heavy (non-hydrogen) atoms. The number of likely N-dealkylation sites (tertiary alicyclic amines) is 1. The van der Waals surface area contributed by atoms with Crippen molar-refractivity contribution in [2.24, 2.45) is 0 Å². The first-order chi connectivity index (χ1) is 21.5. The molecule has 8 rings (SSSR count). The Morgan fingerprint density at radius 1 is 1.23 bits per heavy atom. The Bertz CT molecular complexity index is 1880. The van der Waals surface area contributed by atoms with Crippen LogP contribution in [-0.2, 0) is 18.3 Å². The van der Waals surface area contributed by atoms with E-state index < -0.39 is 5.41 Å². The Morgan fingerprint density at radius 2 is 2.09 bits per heavy atom. The summed E-state index contributed by atoms with van der Waals surface area (Å²) in [5.41, 5.74) is 10.1. The summed E-state index contributed by atoms with van der Waals surface area (Å²) in [6.45, 7) is 3.16. The summed E-state index contributed by atoms with van der Waals surface area (Å²) in [7, 11) is 2.14. The number of likely N-dealkylation sites (N-methyl/N-ethyl adjacent to an activating group) is 1. The summed E-state index contributed by atoms with van der Waals surface area (Å²) >= 11 is 1.54. The van der Waals surface area contributed by atoms with Gasteiger partial charge in [0.1, 0.15) is 35.1 Å². The van der Waals surface area contributed by atoms with Crippen molar-refractivity contribution in [3.8, 4) is 40.7 Å². The highest BCUT2D eigenvalue weighted by molar-refractivity contribution is 7.16. The van der Waals surface area contributed by atoms with Gasteiger partial charge in [0.05, 0.1) is 11.0 Å². The smallest absolute Gasteiger partial charge is 0.219 e. The van der Waals surface area contributed by atoms with Crippen LogP contribution >= 0.6 is 11.3 Å². The molecule has 1 fully saturated rings. The Kier molecular flexibility index (Phi) is 6.43. The number of ether oxygens (including phenoxy) is 1. The summed E-state index contributed by atoms with van der Waals surface area (Å²) in [5.74, 6) is 3.06. The van der Waals surface area contributed by atoms with E-state index in [0.29, 0.717) is 39.8 Å². The van der Waals surface area contributed by atoms with Gasteiger partial charge in [0.2, 0.25) is 5.88 Å². The van der Waals surface area contributed by atoms with Gasteiger partial charge in [-0.15, -0.1) is 11.3 Å². The molecule has 2 N–H and O–H groups in total. The Hall–Kier alpha value is -4.34. The van der Waals surface area contributed by atoms with Crippen molar-refractivity contribution in [3.05, 3.63) is 58.2 Å². The van der Waals surface area contributed by atoms with Crippen LogP contribution in [0.4, 0.5) is 5.00 Å². The first kappa shape index (κ1) is 27.2. The number of anilines is 1. The van der Waals surface area contributed by atoms with E-state index in [2.05, 4.69) is 40.1 Å². The van der Waals surface area contributed by atoms with Gasteiger partial charge in [0.15, 0.2) is 17.3 Å². The van der Waals surface area contributed by atoms with E-state index >= 15 is 0 Å².